The second-order valence-electron chi connectivity index (χ2n) is 6.67. The van der Waals surface area contributed by atoms with Crippen LogP contribution in [-0.2, 0) is 0 Å². The minimum atomic E-state index is 0.847. The lowest BCUT2D eigenvalue weighted by Crippen LogP contribution is -2.05. The maximum atomic E-state index is 4.76. The number of benzene rings is 2. The molecule has 0 aliphatic rings. The first-order chi connectivity index (χ1) is 13.3. The molecule has 0 aliphatic carbocycles. The number of aromatic nitrogens is 1. The van der Waals surface area contributed by atoms with Gasteiger partial charge in [0.2, 0.25) is 0 Å². The summed E-state index contributed by atoms with van der Waals surface area (Å²) < 4.78 is 2.17. The molecule has 3 rings (SSSR count). The van der Waals surface area contributed by atoms with E-state index in [1.54, 1.807) is 0 Å². The zero-order chi connectivity index (χ0) is 20.3. The first-order valence-electron chi connectivity index (χ1n) is 8.94. The summed E-state index contributed by atoms with van der Waals surface area (Å²) in [5.41, 5.74) is 7.58. The van der Waals surface area contributed by atoms with Gasteiger partial charge in [-0.1, -0.05) is 37.9 Å². The standard InChI is InChI=1S/C23H21Br2N3/c1-14-12-18(8-10-20(14)24)26-16(3)22-6-5-7-23(28-22)17(4)27-19-9-11-21(25)15(2)13-19/h5-13H,1-4H3/b26-16+,27-17+. The smallest absolute Gasteiger partial charge is 0.0849 e. The largest absolute Gasteiger partial charge is 0.252 e. The lowest BCUT2D eigenvalue weighted by atomic mass is 10.2. The first-order valence-corrected chi connectivity index (χ1v) is 10.5. The maximum Gasteiger partial charge on any atom is 0.0849 e. The summed E-state index contributed by atoms with van der Waals surface area (Å²) in [6, 6.07) is 18.1. The summed E-state index contributed by atoms with van der Waals surface area (Å²) in [5, 5.41) is 0. The predicted octanol–water partition coefficient (Wildman–Crippen LogP) is 7.50. The van der Waals surface area contributed by atoms with E-state index in [9.17, 15) is 0 Å². The fraction of sp³-hybridized carbons (Fsp3) is 0.174. The molecule has 1 heterocycles. The topological polar surface area (TPSA) is 37.6 Å². The van der Waals surface area contributed by atoms with Crippen molar-refractivity contribution in [2.24, 2.45) is 9.98 Å². The summed E-state index contributed by atoms with van der Waals surface area (Å²) in [5.74, 6) is 0. The van der Waals surface area contributed by atoms with Crippen molar-refractivity contribution >= 4 is 54.7 Å². The van der Waals surface area contributed by atoms with Gasteiger partial charge in [-0.15, -0.1) is 0 Å². The van der Waals surface area contributed by atoms with Crippen LogP contribution < -0.4 is 0 Å². The summed E-state index contributed by atoms with van der Waals surface area (Å²) >= 11 is 7.05. The lowest BCUT2D eigenvalue weighted by Gasteiger charge is -2.06. The zero-order valence-electron chi connectivity index (χ0n) is 16.3. The molecule has 0 N–H and O–H groups in total. The molecule has 0 spiro atoms. The van der Waals surface area contributed by atoms with E-state index in [1.807, 2.05) is 56.3 Å². The van der Waals surface area contributed by atoms with Gasteiger partial charge in [-0.2, -0.15) is 0 Å². The molecule has 2 aromatic carbocycles. The molecular formula is C23H21Br2N3. The first kappa shape index (κ1) is 20.6. The van der Waals surface area contributed by atoms with E-state index in [1.165, 1.54) is 0 Å². The van der Waals surface area contributed by atoms with Gasteiger partial charge in [0.1, 0.15) is 0 Å². The van der Waals surface area contributed by atoms with Crippen molar-refractivity contribution in [2.45, 2.75) is 27.7 Å². The quantitative estimate of drug-likeness (QED) is 0.343. The molecule has 0 amide bonds. The highest BCUT2D eigenvalue weighted by Crippen LogP contribution is 2.24. The summed E-state index contributed by atoms with van der Waals surface area (Å²) in [6.45, 7) is 8.07. The lowest BCUT2D eigenvalue weighted by molar-refractivity contribution is 1.24. The van der Waals surface area contributed by atoms with Crippen LogP contribution in [0, 0.1) is 13.8 Å². The minimum Gasteiger partial charge on any atom is -0.252 e. The molecule has 3 aromatic rings. The van der Waals surface area contributed by atoms with Gasteiger partial charge < -0.3 is 0 Å². The molecule has 0 bridgehead atoms. The molecule has 0 atom stereocenters. The van der Waals surface area contributed by atoms with Crippen LogP contribution in [0.5, 0.6) is 0 Å². The third-order valence-corrected chi connectivity index (χ3v) is 6.15. The Morgan fingerprint density at radius 3 is 1.54 bits per heavy atom. The van der Waals surface area contributed by atoms with Crippen LogP contribution in [0.15, 0.2) is 73.5 Å². The molecule has 3 nitrogen and oxygen atoms in total. The van der Waals surface area contributed by atoms with Crippen LogP contribution >= 0.6 is 31.9 Å². The van der Waals surface area contributed by atoms with E-state index in [2.05, 4.69) is 57.8 Å². The Hall–Kier alpha value is -2.11. The average molecular weight is 499 g/mol. The van der Waals surface area contributed by atoms with Crippen LogP contribution in [0.25, 0.3) is 0 Å². The Bertz CT molecular complexity index is 1000. The molecule has 5 heteroatoms. The normalized spacial score (nSPS) is 12.4. The third kappa shape index (κ3) is 5.03. The molecule has 142 valence electrons. The fourth-order valence-electron chi connectivity index (χ4n) is 2.74. The van der Waals surface area contributed by atoms with Crippen molar-refractivity contribution in [1.29, 1.82) is 0 Å². The number of pyridine rings is 1. The molecule has 1 aromatic heterocycles. The predicted molar refractivity (Wildman–Crippen MR) is 126 cm³/mol. The summed E-state index contributed by atoms with van der Waals surface area (Å²) in [6.07, 6.45) is 0. The number of hydrogen-bond donors (Lipinski definition) is 0. The number of rotatable bonds is 4. The van der Waals surface area contributed by atoms with Crippen molar-refractivity contribution in [2.75, 3.05) is 0 Å². The van der Waals surface area contributed by atoms with E-state index in [-0.39, 0.29) is 0 Å². The van der Waals surface area contributed by atoms with Crippen molar-refractivity contribution in [3.63, 3.8) is 0 Å². The van der Waals surface area contributed by atoms with Crippen LogP contribution in [-0.4, -0.2) is 16.4 Å². The van der Waals surface area contributed by atoms with Crippen LogP contribution in [0.2, 0.25) is 0 Å². The van der Waals surface area contributed by atoms with Crippen LogP contribution in [0.1, 0.15) is 36.4 Å². The summed E-state index contributed by atoms with van der Waals surface area (Å²) in [4.78, 5) is 14.2. The van der Waals surface area contributed by atoms with E-state index >= 15 is 0 Å². The van der Waals surface area contributed by atoms with Gasteiger partial charge in [-0.3, -0.25) is 9.98 Å². The van der Waals surface area contributed by atoms with Gasteiger partial charge in [0.25, 0.3) is 0 Å². The van der Waals surface area contributed by atoms with E-state index in [4.69, 9.17) is 15.0 Å². The Balaban J connectivity index is 1.90. The highest BCUT2D eigenvalue weighted by molar-refractivity contribution is 9.10. The van der Waals surface area contributed by atoms with Gasteiger partial charge in [-0.05, 0) is 87.4 Å². The number of aryl methyl sites for hydroxylation is 2. The minimum absolute atomic E-state index is 0.847. The van der Waals surface area contributed by atoms with Gasteiger partial charge in [0.05, 0.1) is 34.2 Å². The van der Waals surface area contributed by atoms with Gasteiger partial charge in [0, 0.05) is 8.95 Å². The van der Waals surface area contributed by atoms with Crippen molar-refractivity contribution < 1.29 is 0 Å². The molecule has 0 radical (unpaired) electrons. The Morgan fingerprint density at radius 1 is 0.714 bits per heavy atom. The maximum absolute atomic E-state index is 4.76. The second kappa shape index (κ2) is 8.93. The molecule has 0 saturated heterocycles. The zero-order valence-corrected chi connectivity index (χ0v) is 19.5. The van der Waals surface area contributed by atoms with Gasteiger partial charge in [-0.25, -0.2) is 4.98 Å². The molecule has 28 heavy (non-hydrogen) atoms. The van der Waals surface area contributed by atoms with Crippen molar-refractivity contribution in [1.82, 2.24) is 4.98 Å². The molecule has 0 unspecified atom stereocenters. The summed E-state index contributed by atoms with van der Waals surface area (Å²) in [7, 11) is 0. The molecule has 0 fully saturated rings. The number of halogens is 2. The number of hydrogen-bond acceptors (Lipinski definition) is 3. The van der Waals surface area contributed by atoms with Crippen LogP contribution in [0.4, 0.5) is 11.4 Å². The van der Waals surface area contributed by atoms with Gasteiger partial charge in [0.15, 0.2) is 0 Å². The number of aliphatic imine (C=N–C) groups is 2. The molecular weight excluding hydrogens is 478 g/mol. The monoisotopic (exact) mass is 497 g/mol. The van der Waals surface area contributed by atoms with E-state index < -0.39 is 0 Å². The van der Waals surface area contributed by atoms with Crippen LogP contribution in [0.3, 0.4) is 0 Å². The van der Waals surface area contributed by atoms with Crippen molar-refractivity contribution in [3.05, 3.63) is 86.1 Å². The second-order valence-corrected chi connectivity index (χ2v) is 8.38. The van der Waals surface area contributed by atoms with E-state index in [0.717, 1.165) is 54.3 Å². The Morgan fingerprint density at radius 2 is 1.14 bits per heavy atom. The van der Waals surface area contributed by atoms with Crippen molar-refractivity contribution in [3.8, 4) is 0 Å². The highest BCUT2D eigenvalue weighted by atomic mass is 79.9. The SMILES string of the molecule is C/C(=N\c1ccc(Br)c(C)c1)c1cccc(/C(C)=N/c2ccc(Br)c(C)c2)n1. The van der Waals surface area contributed by atoms with Gasteiger partial charge >= 0.3 is 0 Å². The fourth-order valence-corrected chi connectivity index (χ4v) is 3.23. The molecule has 0 saturated carbocycles. The van der Waals surface area contributed by atoms with E-state index in [0.29, 0.717) is 0 Å². The molecule has 0 aliphatic heterocycles. The highest BCUT2D eigenvalue weighted by Gasteiger charge is 2.06. The Kier molecular flexibility index (Phi) is 6.57. The number of nitrogens with zero attached hydrogens (tertiary/aromatic N) is 3. The average Bonchev–Trinajstić information content (AvgIpc) is 2.67. The Labute approximate surface area is 182 Å². The third-order valence-electron chi connectivity index (χ3n) is 4.37.